The molecule has 0 aliphatic heterocycles. The summed E-state index contributed by atoms with van der Waals surface area (Å²) in [6, 6.07) is 7.49. The number of nitrogens with one attached hydrogen (secondary N) is 4. The Hall–Kier alpha value is -2.04. The first-order valence-electron chi connectivity index (χ1n) is 10.1. The highest BCUT2D eigenvalue weighted by molar-refractivity contribution is 14.0. The van der Waals surface area contributed by atoms with E-state index in [1.165, 1.54) is 0 Å². The molecular formula is C21H36IN5O3. The number of rotatable bonds is 10. The summed E-state index contributed by atoms with van der Waals surface area (Å²) >= 11 is 0. The molecule has 0 aliphatic carbocycles. The molecule has 0 aromatic heterocycles. The van der Waals surface area contributed by atoms with Crippen LogP contribution in [0, 0.1) is 5.92 Å². The van der Waals surface area contributed by atoms with E-state index in [1.54, 1.807) is 27.1 Å². The number of amides is 2. The van der Waals surface area contributed by atoms with Crippen molar-refractivity contribution >= 4 is 41.9 Å². The van der Waals surface area contributed by atoms with Crippen LogP contribution in [-0.4, -0.2) is 57.8 Å². The Kier molecular flexibility index (Phi) is 14.7. The van der Waals surface area contributed by atoms with Gasteiger partial charge in [0.25, 0.3) is 5.91 Å². The van der Waals surface area contributed by atoms with Crippen LogP contribution < -0.4 is 21.3 Å². The number of hydrogen-bond donors (Lipinski definition) is 4. The van der Waals surface area contributed by atoms with Crippen molar-refractivity contribution in [1.82, 2.24) is 21.3 Å². The molecule has 4 N–H and O–H groups in total. The lowest BCUT2D eigenvalue weighted by Crippen LogP contribution is -2.48. The van der Waals surface area contributed by atoms with Crippen molar-refractivity contribution in [2.45, 2.75) is 39.7 Å². The number of aliphatic imine (C=N–C) groups is 1. The predicted octanol–water partition coefficient (Wildman–Crippen LogP) is 2.53. The highest BCUT2D eigenvalue weighted by atomic mass is 127. The number of ether oxygens (including phenoxy) is 1. The Morgan fingerprint density at radius 2 is 1.93 bits per heavy atom. The lowest BCUT2D eigenvalue weighted by Gasteiger charge is -2.22. The average molecular weight is 533 g/mol. The van der Waals surface area contributed by atoms with Crippen LogP contribution in [0.5, 0.6) is 0 Å². The average Bonchev–Trinajstić information content (AvgIpc) is 2.69. The molecule has 0 fully saturated rings. The second-order valence-corrected chi connectivity index (χ2v) is 7.10. The molecule has 0 saturated heterocycles. The van der Waals surface area contributed by atoms with Crippen molar-refractivity contribution in [2.24, 2.45) is 10.9 Å². The van der Waals surface area contributed by atoms with E-state index in [-0.39, 0.29) is 35.9 Å². The lowest BCUT2D eigenvalue weighted by atomic mass is 10.0. The van der Waals surface area contributed by atoms with Gasteiger partial charge in [-0.1, -0.05) is 26.0 Å². The molecule has 1 aromatic carbocycles. The maximum atomic E-state index is 11.7. The number of carbonyl (C=O) groups excluding carboxylic acids is 2. The van der Waals surface area contributed by atoms with E-state index in [4.69, 9.17) is 4.74 Å². The third kappa shape index (κ3) is 11.2. The topological polar surface area (TPSA) is 104 Å². The summed E-state index contributed by atoms with van der Waals surface area (Å²) in [5, 5.41) is 12.0. The van der Waals surface area contributed by atoms with Crippen molar-refractivity contribution in [1.29, 1.82) is 0 Å². The number of carbonyl (C=O) groups is 2. The van der Waals surface area contributed by atoms with Crippen LogP contribution in [0.4, 0.5) is 4.79 Å². The number of alkyl carbamates (subject to hydrolysis) is 1. The second-order valence-electron chi connectivity index (χ2n) is 7.10. The Balaban J connectivity index is 0.00000841. The van der Waals surface area contributed by atoms with Crippen LogP contribution in [0.15, 0.2) is 29.3 Å². The fraction of sp³-hybridized carbons (Fsp3) is 0.571. The predicted molar refractivity (Wildman–Crippen MR) is 132 cm³/mol. The molecule has 2 amide bonds. The Morgan fingerprint density at radius 3 is 2.53 bits per heavy atom. The van der Waals surface area contributed by atoms with E-state index >= 15 is 0 Å². The molecule has 0 spiro atoms. The van der Waals surface area contributed by atoms with Gasteiger partial charge in [-0.05, 0) is 43.4 Å². The summed E-state index contributed by atoms with van der Waals surface area (Å²) in [5.74, 6) is 1.00. The lowest BCUT2D eigenvalue weighted by molar-refractivity contribution is 0.0963. The van der Waals surface area contributed by atoms with E-state index in [0.29, 0.717) is 37.1 Å². The zero-order chi connectivity index (χ0) is 21.6. The first kappa shape index (κ1) is 28.0. The Bertz CT molecular complexity index is 682. The van der Waals surface area contributed by atoms with Crippen molar-refractivity contribution in [2.75, 3.05) is 33.8 Å². The van der Waals surface area contributed by atoms with Crippen molar-refractivity contribution in [3.05, 3.63) is 35.4 Å². The molecule has 1 atom stereocenters. The standard InChI is InChI=1S/C21H35N5O3.HI/c1-6-29-21(28)26-18(12-15(2)3)14-25-20(23-5)24-11-10-16-8-7-9-17(13-16)19(27)22-4;/h7-9,13,15,18H,6,10-12,14H2,1-5H3,(H,22,27)(H,26,28)(H2,23,24,25);1H. The zero-order valence-electron chi connectivity index (χ0n) is 18.6. The summed E-state index contributed by atoms with van der Waals surface area (Å²) in [4.78, 5) is 27.7. The monoisotopic (exact) mass is 533 g/mol. The second kappa shape index (κ2) is 15.8. The van der Waals surface area contributed by atoms with Crippen molar-refractivity contribution < 1.29 is 14.3 Å². The first-order chi connectivity index (χ1) is 13.9. The number of nitrogens with zero attached hydrogens (tertiary/aromatic N) is 1. The first-order valence-corrected chi connectivity index (χ1v) is 10.1. The SMILES string of the molecule is CCOC(=O)NC(CNC(=NC)NCCc1cccc(C(=O)NC)c1)CC(C)C.I. The van der Waals surface area contributed by atoms with E-state index < -0.39 is 6.09 Å². The van der Waals surface area contributed by atoms with Crippen molar-refractivity contribution in [3.8, 4) is 0 Å². The van der Waals surface area contributed by atoms with Crippen LogP contribution in [0.2, 0.25) is 0 Å². The van der Waals surface area contributed by atoms with E-state index in [2.05, 4.69) is 40.1 Å². The van der Waals surface area contributed by atoms with Gasteiger partial charge in [-0.15, -0.1) is 24.0 Å². The van der Waals surface area contributed by atoms with Crippen molar-refractivity contribution in [3.63, 3.8) is 0 Å². The zero-order valence-corrected chi connectivity index (χ0v) is 20.9. The molecule has 0 radical (unpaired) electrons. The fourth-order valence-corrected chi connectivity index (χ4v) is 2.88. The molecule has 1 rings (SSSR count). The van der Waals surface area contributed by atoms with Gasteiger partial charge in [-0.3, -0.25) is 9.79 Å². The number of benzene rings is 1. The smallest absolute Gasteiger partial charge is 0.407 e. The van der Waals surface area contributed by atoms with Gasteiger partial charge in [0.1, 0.15) is 0 Å². The van der Waals surface area contributed by atoms with Gasteiger partial charge in [-0.25, -0.2) is 4.79 Å². The summed E-state index contributed by atoms with van der Waals surface area (Å²) in [6.07, 6.45) is 1.18. The van der Waals surface area contributed by atoms with Crippen LogP contribution in [0.25, 0.3) is 0 Å². The quantitative estimate of drug-likeness (QED) is 0.210. The van der Waals surface area contributed by atoms with Gasteiger partial charge in [0.05, 0.1) is 6.61 Å². The minimum absolute atomic E-state index is 0. The van der Waals surface area contributed by atoms with Crippen LogP contribution in [0.3, 0.4) is 0 Å². The molecule has 9 heteroatoms. The number of halogens is 1. The van der Waals surface area contributed by atoms with Gasteiger partial charge in [-0.2, -0.15) is 0 Å². The third-order valence-corrected chi connectivity index (χ3v) is 4.22. The minimum Gasteiger partial charge on any atom is -0.450 e. The van der Waals surface area contributed by atoms with E-state index in [1.807, 2.05) is 18.2 Å². The molecule has 0 heterocycles. The molecule has 1 unspecified atom stereocenters. The molecule has 8 nitrogen and oxygen atoms in total. The largest absolute Gasteiger partial charge is 0.450 e. The minimum atomic E-state index is -0.404. The summed E-state index contributed by atoms with van der Waals surface area (Å²) in [7, 11) is 3.33. The highest BCUT2D eigenvalue weighted by Gasteiger charge is 2.15. The summed E-state index contributed by atoms with van der Waals surface area (Å²) < 4.78 is 4.98. The number of guanidine groups is 1. The molecule has 0 aliphatic rings. The molecule has 0 bridgehead atoms. The van der Waals surface area contributed by atoms with Gasteiger partial charge in [0, 0.05) is 38.8 Å². The summed E-state index contributed by atoms with van der Waals surface area (Å²) in [6.45, 7) is 7.56. The Morgan fingerprint density at radius 1 is 1.20 bits per heavy atom. The van der Waals surface area contributed by atoms with E-state index in [0.717, 1.165) is 18.4 Å². The molecule has 30 heavy (non-hydrogen) atoms. The number of hydrogen-bond acceptors (Lipinski definition) is 4. The van der Waals surface area contributed by atoms with Gasteiger partial charge < -0.3 is 26.0 Å². The van der Waals surface area contributed by atoms with Crippen LogP contribution >= 0.6 is 24.0 Å². The highest BCUT2D eigenvalue weighted by Crippen LogP contribution is 2.06. The third-order valence-electron chi connectivity index (χ3n) is 4.22. The fourth-order valence-electron chi connectivity index (χ4n) is 2.88. The molecule has 1 aromatic rings. The van der Waals surface area contributed by atoms with Crippen LogP contribution in [-0.2, 0) is 11.2 Å². The van der Waals surface area contributed by atoms with Gasteiger partial charge in [0.15, 0.2) is 5.96 Å². The van der Waals surface area contributed by atoms with Crippen LogP contribution in [0.1, 0.15) is 43.1 Å². The normalized spacial score (nSPS) is 11.9. The van der Waals surface area contributed by atoms with Gasteiger partial charge in [0.2, 0.25) is 0 Å². The Labute approximate surface area is 197 Å². The maximum absolute atomic E-state index is 11.7. The molecular weight excluding hydrogens is 497 g/mol. The molecule has 0 saturated carbocycles. The maximum Gasteiger partial charge on any atom is 0.407 e. The molecule has 170 valence electrons. The summed E-state index contributed by atoms with van der Waals surface area (Å²) in [5.41, 5.74) is 1.71. The van der Waals surface area contributed by atoms with E-state index in [9.17, 15) is 9.59 Å². The van der Waals surface area contributed by atoms with Gasteiger partial charge >= 0.3 is 6.09 Å².